The highest BCUT2D eigenvalue weighted by Gasteiger charge is 2.30. The first-order valence-electron chi connectivity index (χ1n) is 11.4. The molecule has 8 N–H and O–H groups in total. The van der Waals surface area contributed by atoms with Crippen LogP contribution in [-0.2, 0) is 24.0 Å². The molecule has 0 bridgehead atoms. The zero-order valence-corrected chi connectivity index (χ0v) is 20.7. The highest BCUT2D eigenvalue weighted by molar-refractivity contribution is 6.00. The maximum atomic E-state index is 13.0. The molecule has 12 heteroatoms. The third-order valence-electron chi connectivity index (χ3n) is 4.72. The number of rotatable bonds is 16. The summed E-state index contributed by atoms with van der Waals surface area (Å²) in [4.78, 5) is 64.7. The summed E-state index contributed by atoms with van der Waals surface area (Å²) < 4.78 is 0. The normalized spacial score (nSPS) is 13.5. The molecule has 0 aliphatic rings. The zero-order chi connectivity index (χ0) is 26.4. The second-order valence-electron chi connectivity index (χ2n) is 9.12. The fourth-order valence-corrected chi connectivity index (χ4v) is 3.29. The number of nitrogens with zero attached hydrogens (tertiary/aromatic N) is 1. The van der Waals surface area contributed by atoms with Crippen molar-refractivity contribution in [2.45, 2.75) is 84.8 Å². The molecule has 34 heavy (non-hydrogen) atoms. The Bertz CT molecular complexity index is 748. The van der Waals surface area contributed by atoms with E-state index >= 15 is 0 Å². The van der Waals surface area contributed by atoms with E-state index in [1.807, 2.05) is 27.7 Å². The molecule has 3 amide bonds. The summed E-state index contributed by atoms with van der Waals surface area (Å²) in [5.41, 5.74) is 10.6. The third kappa shape index (κ3) is 14.1. The van der Waals surface area contributed by atoms with Crippen molar-refractivity contribution in [3.63, 3.8) is 0 Å². The Morgan fingerprint density at radius 3 is 1.71 bits per heavy atom. The maximum absolute atomic E-state index is 13.0. The fourth-order valence-electron chi connectivity index (χ4n) is 3.29. The SMILES string of the molecule is CC(=O)N[C@@H](CC(C)C)C(=O)N[C@@H](CC(C)C)C(=O)N[C@@H](CCCN=C(N)N)C(=O)CC(=O)O. The van der Waals surface area contributed by atoms with Gasteiger partial charge in [0.15, 0.2) is 11.7 Å². The first-order chi connectivity index (χ1) is 15.7. The van der Waals surface area contributed by atoms with Crippen LogP contribution >= 0.6 is 0 Å². The number of guanidine groups is 1. The lowest BCUT2D eigenvalue weighted by molar-refractivity contribution is -0.141. The first kappa shape index (κ1) is 30.8. The van der Waals surface area contributed by atoms with Gasteiger partial charge < -0.3 is 32.5 Å². The lowest BCUT2D eigenvalue weighted by Crippen LogP contribution is -2.56. The van der Waals surface area contributed by atoms with E-state index in [0.717, 1.165) is 0 Å². The second kappa shape index (κ2) is 15.6. The van der Waals surface area contributed by atoms with E-state index in [-0.39, 0.29) is 43.1 Å². The van der Waals surface area contributed by atoms with Crippen molar-refractivity contribution in [2.75, 3.05) is 6.54 Å². The number of Topliss-reactive ketones (excluding diaryl/α,β-unsaturated/α-hetero) is 1. The largest absolute Gasteiger partial charge is 0.481 e. The zero-order valence-electron chi connectivity index (χ0n) is 20.7. The number of ketones is 1. The van der Waals surface area contributed by atoms with E-state index in [0.29, 0.717) is 12.8 Å². The highest BCUT2D eigenvalue weighted by Crippen LogP contribution is 2.10. The van der Waals surface area contributed by atoms with Gasteiger partial charge in [0.2, 0.25) is 17.7 Å². The molecule has 12 nitrogen and oxygen atoms in total. The van der Waals surface area contributed by atoms with Gasteiger partial charge in [-0.2, -0.15) is 0 Å². The average Bonchev–Trinajstić information content (AvgIpc) is 2.67. The number of carbonyl (C=O) groups excluding carboxylic acids is 4. The van der Waals surface area contributed by atoms with E-state index in [1.165, 1.54) is 6.92 Å². The van der Waals surface area contributed by atoms with Crippen LogP contribution < -0.4 is 27.4 Å². The van der Waals surface area contributed by atoms with E-state index in [9.17, 15) is 24.0 Å². The van der Waals surface area contributed by atoms with Crippen molar-refractivity contribution < 1.29 is 29.1 Å². The number of nitrogens with one attached hydrogen (secondary N) is 3. The second-order valence-corrected chi connectivity index (χ2v) is 9.12. The molecule has 0 aliphatic heterocycles. The summed E-state index contributed by atoms with van der Waals surface area (Å²) in [6.45, 7) is 9.06. The van der Waals surface area contributed by atoms with E-state index < -0.39 is 48.1 Å². The van der Waals surface area contributed by atoms with Gasteiger partial charge in [0.25, 0.3) is 0 Å². The summed E-state index contributed by atoms with van der Waals surface area (Å²) in [7, 11) is 0. The van der Waals surface area contributed by atoms with Crippen molar-refractivity contribution in [3.05, 3.63) is 0 Å². The minimum atomic E-state index is -1.31. The van der Waals surface area contributed by atoms with Gasteiger partial charge >= 0.3 is 5.97 Å². The van der Waals surface area contributed by atoms with Crippen LogP contribution in [0.4, 0.5) is 0 Å². The lowest BCUT2D eigenvalue weighted by Gasteiger charge is -2.26. The smallest absolute Gasteiger partial charge is 0.310 e. The molecular weight excluding hydrogens is 444 g/mol. The molecule has 0 unspecified atom stereocenters. The maximum Gasteiger partial charge on any atom is 0.310 e. The topological polar surface area (TPSA) is 206 Å². The molecule has 0 aromatic rings. The molecule has 0 radical (unpaired) electrons. The highest BCUT2D eigenvalue weighted by atomic mass is 16.4. The molecule has 3 atom stereocenters. The van der Waals surface area contributed by atoms with Crippen LogP contribution in [0, 0.1) is 11.8 Å². The van der Waals surface area contributed by atoms with Crippen LogP contribution in [0.15, 0.2) is 4.99 Å². The Morgan fingerprint density at radius 2 is 1.29 bits per heavy atom. The van der Waals surface area contributed by atoms with Gasteiger partial charge in [0.1, 0.15) is 18.5 Å². The monoisotopic (exact) mass is 484 g/mol. The molecule has 0 aliphatic carbocycles. The van der Waals surface area contributed by atoms with Crippen molar-refractivity contribution in [2.24, 2.45) is 28.3 Å². The quantitative estimate of drug-likeness (QED) is 0.0737. The molecule has 0 aromatic carbocycles. The summed E-state index contributed by atoms with van der Waals surface area (Å²) in [6.07, 6.45) is 0.354. The molecule has 0 spiro atoms. The molecule has 0 rings (SSSR count). The fraction of sp³-hybridized carbons (Fsp3) is 0.727. The van der Waals surface area contributed by atoms with E-state index in [1.54, 1.807) is 0 Å². The van der Waals surface area contributed by atoms with E-state index in [2.05, 4.69) is 20.9 Å². The van der Waals surface area contributed by atoms with E-state index in [4.69, 9.17) is 16.6 Å². The summed E-state index contributed by atoms with van der Waals surface area (Å²) in [6, 6.07) is -2.87. The number of aliphatic carboxylic acids is 1. The molecule has 0 saturated heterocycles. The van der Waals surface area contributed by atoms with Crippen LogP contribution in [0.2, 0.25) is 0 Å². The van der Waals surface area contributed by atoms with Gasteiger partial charge in [0, 0.05) is 13.5 Å². The van der Waals surface area contributed by atoms with Crippen LogP contribution in [-0.4, -0.2) is 65.2 Å². The average molecular weight is 485 g/mol. The number of carbonyl (C=O) groups is 5. The Kier molecular flexibility index (Phi) is 14.2. The molecular formula is C22H40N6O6. The van der Waals surface area contributed by atoms with Gasteiger partial charge in [0.05, 0.1) is 6.04 Å². The summed E-state index contributed by atoms with van der Waals surface area (Å²) in [5, 5.41) is 16.8. The predicted molar refractivity (Wildman–Crippen MR) is 128 cm³/mol. The van der Waals surface area contributed by atoms with Crippen LogP contribution in [0.25, 0.3) is 0 Å². The summed E-state index contributed by atoms with van der Waals surface area (Å²) >= 11 is 0. The van der Waals surface area contributed by atoms with Gasteiger partial charge in [-0.3, -0.25) is 29.0 Å². The first-order valence-corrected chi connectivity index (χ1v) is 11.4. The lowest BCUT2D eigenvalue weighted by atomic mass is 9.99. The van der Waals surface area contributed by atoms with Crippen LogP contribution in [0.5, 0.6) is 0 Å². The Hall–Kier alpha value is -3.18. The number of amides is 3. The number of hydrogen-bond donors (Lipinski definition) is 6. The molecule has 0 aromatic heterocycles. The van der Waals surface area contributed by atoms with Gasteiger partial charge in [-0.15, -0.1) is 0 Å². The predicted octanol–water partition coefficient (Wildman–Crippen LogP) is -0.350. The number of carboxylic acid groups (broad SMARTS) is 1. The Morgan fingerprint density at radius 1 is 0.824 bits per heavy atom. The van der Waals surface area contributed by atoms with Gasteiger partial charge in [-0.1, -0.05) is 27.7 Å². The number of nitrogens with two attached hydrogens (primary N) is 2. The third-order valence-corrected chi connectivity index (χ3v) is 4.72. The Balaban J connectivity index is 5.54. The van der Waals surface area contributed by atoms with Crippen LogP contribution in [0.1, 0.15) is 66.7 Å². The number of hydrogen-bond acceptors (Lipinski definition) is 6. The molecule has 0 saturated carbocycles. The molecule has 0 fully saturated rings. The minimum Gasteiger partial charge on any atom is -0.481 e. The van der Waals surface area contributed by atoms with Crippen molar-refractivity contribution in [1.82, 2.24) is 16.0 Å². The van der Waals surface area contributed by atoms with Crippen molar-refractivity contribution >= 4 is 35.4 Å². The summed E-state index contributed by atoms with van der Waals surface area (Å²) in [5.74, 6) is -3.45. The minimum absolute atomic E-state index is 0.0235. The Labute approximate surface area is 200 Å². The molecule has 0 heterocycles. The number of aliphatic imine (C=N–C) groups is 1. The number of carboxylic acids is 1. The van der Waals surface area contributed by atoms with Crippen LogP contribution in [0.3, 0.4) is 0 Å². The van der Waals surface area contributed by atoms with Crippen molar-refractivity contribution in [3.8, 4) is 0 Å². The van der Waals surface area contributed by atoms with Crippen molar-refractivity contribution in [1.29, 1.82) is 0 Å². The van der Waals surface area contributed by atoms with Gasteiger partial charge in [-0.25, -0.2) is 0 Å². The molecule has 194 valence electrons. The standard InChI is InChI=1S/C22H40N6O6/c1-12(2)9-16(26-14(5)29)20(33)28-17(10-13(3)4)21(34)27-15(18(30)11-19(31)32)7-6-8-25-22(23)24/h12-13,15-17H,6-11H2,1-5H3,(H,26,29)(H,27,34)(H,28,33)(H,31,32)(H4,23,24,25)/t15-,16-,17-/m0/s1. The van der Waals surface area contributed by atoms with Gasteiger partial charge in [-0.05, 0) is 37.5 Å².